The second-order valence-corrected chi connectivity index (χ2v) is 10.4. The lowest BCUT2D eigenvalue weighted by atomic mass is 9.98. The third kappa shape index (κ3) is 4.93. The third-order valence-corrected chi connectivity index (χ3v) is 8.86. The fraction of sp³-hybridized carbons (Fsp3) is 0.450. The highest BCUT2D eigenvalue weighted by Gasteiger charge is 2.54. The van der Waals surface area contributed by atoms with E-state index in [4.69, 9.17) is 21.5 Å². The first kappa shape index (κ1) is 25.6. The summed E-state index contributed by atoms with van der Waals surface area (Å²) < 4.78 is 31.6. The average Bonchev–Trinajstić information content (AvgIpc) is 2.84. The third-order valence-electron chi connectivity index (χ3n) is 5.99. The second kappa shape index (κ2) is 10.5. The maximum atomic E-state index is 13.4. The Morgan fingerprint density at radius 2 is 1.61 bits per heavy atom. The molecule has 0 spiro atoms. The van der Waals surface area contributed by atoms with Gasteiger partial charge in [0.15, 0.2) is 4.75 Å². The van der Waals surface area contributed by atoms with Gasteiger partial charge in [0.1, 0.15) is 0 Å². The SMILES string of the molecule is Cl.O=C(NO)C1(S(=O)(=O)N2CCN(c3ncc(-c4ccc(Cl)cc4)cn3)CC2)CCOCC1. The van der Waals surface area contributed by atoms with Crippen molar-refractivity contribution in [2.24, 2.45) is 0 Å². The van der Waals surface area contributed by atoms with Gasteiger partial charge in [0, 0.05) is 75.2 Å². The molecule has 0 radical (unpaired) electrons. The smallest absolute Gasteiger partial charge is 0.266 e. The molecule has 2 aliphatic heterocycles. The second-order valence-electron chi connectivity index (χ2n) is 7.72. The molecule has 33 heavy (non-hydrogen) atoms. The molecule has 13 heteroatoms. The number of hydrogen-bond acceptors (Lipinski definition) is 8. The molecular weight excluding hydrogens is 493 g/mol. The summed E-state index contributed by atoms with van der Waals surface area (Å²) in [6.07, 6.45) is 3.43. The maximum absolute atomic E-state index is 13.4. The van der Waals surface area contributed by atoms with E-state index < -0.39 is 20.7 Å². The van der Waals surface area contributed by atoms with E-state index >= 15 is 0 Å². The molecule has 1 aromatic carbocycles. The zero-order valence-corrected chi connectivity index (χ0v) is 20.1. The first-order valence-corrected chi connectivity index (χ1v) is 12.0. The number of halogens is 2. The van der Waals surface area contributed by atoms with E-state index in [1.165, 1.54) is 9.79 Å². The lowest BCUT2D eigenvalue weighted by molar-refractivity contribution is -0.134. The molecule has 2 aromatic rings. The Hall–Kier alpha value is -2.02. The van der Waals surface area contributed by atoms with Gasteiger partial charge in [-0.2, -0.15) is 4.31 Å². The van der Waals surface area contributed by atoms with Crippen LogP contribution in [0.4, 0.5) is 5.95 Å². The van der Waals surface area contributed by atoms with Crippen LogP contribution < -0.4 is 10.4 Å². The van der Waals surface area contributed by atoms with Crippen LogP contribution in [0.25, 0.3) is 11.1 Å². The number of carbonyl (C=O) groups is 1. The lowest BCUT2D eigenvalue weighted by Gasteiger charge is -2.41. The van der Waals surface area contributed by atoms with Crippen LogP contribution in [0, 0.1) is 0 Å². The number of carbonyl (C=O) groups excluding carboxylic acids is 1. The predicted octanol–water partition coefficient (Wildman–Crippen LogP) is 1.73. The Kier molecular flexibility index (Phi) is 8.14. The van der Waals surface area contributed by atoms with E-state index in [2.05, 4.69) is 9.97 Å². The van der Waals surface area contributed by atoms with Crippen molar-refractivity contribution in [1.82, 2.24) is 19.8 Å². The van der Waals surface area contributed by atoms with Gasteiger partial charge in [-0.3, -0.25) is 10.0 Å². The van der Waals surface area contributed by atoms with Crippen molar-refractivity contribution >= 4 is 45.9 Å². The van der Waals surface area contributed by atoms with Crippen LogP contribution in [0.1, 0.15) is 12.8 Å². The van der Waals surface area contributed by atoms with E-state index in [1.807, 2.05) is 17.0 Å². The van der Waals surface area contributed by atoms with Gasteiger partial charge in [0.05, 0.1) is 0 Å². The number of hydrogen-bond donors (Lipinski definition) is 2. The molecule has 4 rings (SSSR count). The van der Waals surface area contributed by atoms with Crippen molar-refractivity contribution in [2.75, 3.05) is 44.3 Å². The molecule has 10 nitrogen and oxygen atoms in total. The van der Waals surface area contributed by atoms with Crippen molar-refractivity contribution in [2.45, 2.75) is 17.6 Å². The molecule has 2 fully saturated rings. The zero-order valence-electron chi connectivity index (χ0n) is 17.7. The Balaban J connectivity index is 0.00000306. The van der Waals surface area contributed by atoms with Crippen LogP contribution >= 0.6 is 24.0 Å². The maximum Gasteiger partial charge on any atom is 0.266 e. The van der Waals surface area contributed by atoms with Gasteiger partial charge in [0.2, 0.25) is 16.0 Å². The molecule has 3 heterocycles. The van der Waals surface area contributed by atoms with E-state index in [1.54, 1.807) is 24.5 Å². The number of ether oxygens (including phenoxy) is 1. The normalized spacial score (nSPS) is 18.9. The van der Waals surface area contributed by atoms with Gasteiger partial charge in [-0.25, -0.2) is 23.9 Å². The number of rotatable bonds is 5. The molecule has 2 aliphatic rings. The Labute approximate surface area is 203 Å². The van der Waals surface area contributed by atoms with Gasteiger partial charge < -0.3 is 9.64 Å². The largest absolute Gasteiger partial charge is 0.381 e. The van der Waals surface area contributed by atoms with Crippen LogP contribution in [-0.2, 0) is 19.6 Å². The monoisotopic (exact) mass is 517 g/mol. The van der Waals surface area contributed by atoms with Crippen LogP contribution in [0.15, 0.2) is 36.7 Å². The van der Waals surface area contributed by atoms with Gasteiger partial charge >= 0.3 is 0 Å². The van der Waals surface area contributed by atoms with E-state index in [-0.39, 0.29) is 51.6 Å². The van der Waals surface area contributed by atoms with Crippen molar-refractivity contribution < 1.29 is 23.2 Å². The molecule has 0 aliphatic carbocycles. The Morgan fingerprint density at radius 3 is 2.15 bits per heavy atom. The minimum absolute atomic E-state index is 0. The number of nitrogens with one attached hydrogen (secondary N) is 1. The van der Waals surface area contributed by atoms with E-state index in [9.17, 15) is 13.2 Å². The minimum atomic E-state index is -4.01. The average molecular weight is 518 g/mol. The topological polar surface area (TPSA) is 125 Å². The van der Waals surface area contributed by atoms with Gasteiger partial charge in [0.25, 0.3) is 5.91 Å². The number of anilines is 1. The quantitative estimate of drug-likeness (QED) is 0.453. The minimum Gasteiger partial charge on any atom is -0.381 e. The lowest BCUT2D eigenvalue weighted by Crippen LogP contribution is -2.62. The fourth-order valence-corrected chi connectivity index (χ4v) is 6.28. The highest BCUT2D eigenvalue weighted by Crippen LogP contribution is 2.33. The predicted molar refractivity (Wildman–Crippen MR) is 125 cm³/mol. The number of nitrogens with zero attached hydrogens (tertiary/aromatic N) is 4. The summed E-state index contributed by atoms with van der Waals surface area (Å²) in [6.45, 7) is 1.42. The zero-order chi connectivity index (χ0) is 22.8. The van der Waals surface area contributed by atoms with Crippen LogP contribution in [0.5, 0.6) is 0 Å². The number of sulfonamides is 1. The summed E-state index contributed by atoms with van der Waals surface area (Å²) in [5.41, 5.74) is 3.33. The highest BCUT2D eigenvalue weighted by atomic mass is 35.5. The van der Waals surface area contributed by atoms with Gasteiger partial charge in [-0.05, 0) is 17.7 Å². The summed E-state index contributed by atoms with van der Waals surface area (Å²) in [5.74, 6) is -0.405. The Morgan fingerprint density at radius 1 is 1.03 bits per heavy atom. The molecular formula is C20H25Cl2N5O5S. The van der Waals surface area contributed by atoms with Crippen LogP contribution in [0.2, 0.25) is 5.02 Å². The standard InChI is InChI=1S/C20H24ClN5O5S.ClH/c21-17-3-1-15(2-4-17)16-13-22-19(23-14-16)25-7-9-26(10-8-25)32(29,30)20(18(27)24-28)5-11-31-12-6-20;/h1-4,13-14,28H,5-12H2,(H,24,27);1H. The van der Waals surface area contributed by atoms with E-state index in [0.717, 1.165) is 11.1 Å². The molecule has 0 atom stereocenters. The first-order valence-electron chi connectivity index (χ1n) is 10.2. The van der Waals surface area contributed by atoms with Crippen molar-refractivity contribution in [3.05, 3.63) is 41.7 Å². The van der Waals surface area contributed by atoms with Crippen molar-refractivity contribution in [3.63, 3.8) is 0 Å². The molecule has 180 valence electrons. The fourth-order valence-electron chi connectivity index (χ4n) is 4.06. The number of hydroxylamine groups is 1. The summed E-state index contributed by atoms with van der Waals surface area (Å²) in [4.78, 5) is 23.1. The molecule has 0 unspecified atom stereocenters. The number of amides is 1. The highest BCUT2D eigenvalue weighted by molar-refractivity contribution is 7.91. The molecule has 0 saturated carbocycles. The van der Waals surface area contributed by atoms with Gasteiger partial charge in [-0.1, -0.05) is 23.7 Å². The molecule has 2 N–H and O–H groups in total. The molecule has 1 aromatic heterocycles. The van der Waals surface area contributed by atoms with Crippen molar-refractivity contribution in [1.29, 1.82) is 0 Å². The van der Waals surface area contributed by atoms with Gasteiger partial charge in [-0.15, -0.1) is 12.4 Å². The number of benzene rings is 1. The molecule has 2 saturated heterocycles. The summed E-state index contributed by atoms with van der Waals surface area (Å²) in [7, 11) is -4.01. The number of aromatic nitrogens is 2. The number of piperazine rings is 1. The first-order chi connectivity index (χ1) is 15.4. The van der Waals surface area contributed by atoms with Crippen LogP contribution in [-0.4, -0.2) is 77.9 Å². The van der Waals surface area contributed by atoms with Crippen molar-refractivity contribution in [3.8, 4) is 11.1 Å². The summed E-state index contributed by atoms with van der Waals surface area (Å²) in [6, 6.07) is 7.37. The van der Waals surface area contributed by atoms with E-state index in [0.29, 0.717) is 24.1 Å². The Bertz CT molecular complexity index is 1060. The van der Waals surface area contributed by atoms with Crippen LogP contribution in [0.3, 0.4) is 0 Å². The molecule has 1 amide bonds. The molecule has 0 bridgehead atoms. The summed E-state index contributed by atoms with van der Waals surface area (Å²) in [5, 5.41) is 9.82. The summed E-state index contributed by atoms with van der Waals surface area (Å²) >= 11 is 5.93.